The summed E-state index contributed by atoms with van der Waals surface area (Å²) in [6, 6.07) is 14.3. The van der Waals surface area contributed by atoms with Crippen LogP contribution in [0.25, 0.3) is 11.1 Å². The van der Waals surface area contributed by atoms with E-state index in [9.17, 15) is 22.8 Å². The molecule has 10 heteroatoms. The molecule has 6 nitrogen and oxygen atoms in total. The summed E-state index contributed by atoms with van der Waals surface area (Å²) < 4.78 is 63.4. The summed E-state index contributed by atoms with van der Waals surface area (Å²) in [4.78, 5) is 25.4. The van der Waals surface area contributed by atoms with Crippen LogP contribution in [0.4, 0.5) is 13.2 Å². The van der Waals surface area contributed by atoms with Gasteiger partial charge in [-0.05, 0) is 68.7 Å². The second-order valence-corrected chi connectivity index (χ2v) is 11.2. The van der Waals surface area contributed by atoms with Gasteiger partial charge in [-0.3, -0.25) is 4.79 Å². The predicted octanol–water partition coefficient (Wildman–Crippen LogP) is 8.96. The number of halogens is 4. The van der Waals surface area contributed by atoms with E-state index >= 15 is 0 Å². The van der Waals surface area contributed by atoms with Gasteiger partial charge in [0.1, 0.15) is 42.5 Å². The molecule has 3 aromatic rings. The molecule has 0 spiro atoms. The Morgan fingerprint density at radius 1 is 0.909 bits per heavy atom. The number of alkyl halides is 3. The third-order valence-electron chi connectivity index (χ3n) is 6.24. The summed E-state index contributed by atoms with van der Waals surface area (Å²) in [5.74, 6) is -2.19. The topological polar surface area (TPSA) is 71.1 Å². The molecule has 0 fully saturated rings. The average Bonchev–Trinajstić information content (AvgIpc) is 2.95. The van der Waals surface area contributed by atoms with E-state index in [0.29, 0.717) is 16.3 Å². The highest BCUT2D eigenvalue weighted by Gasteiger charge is 2.38. The van der Waals surface area contributed by atoms with E-state index < -0.39 is 40.9 Å². The van der Waals surface area contributed by atoms with Crippen LogP contribution in [-0.2, 0) is 27.1 Å². The Kier molecular flexibility index (Phi) is 11.3. The van der Waals surface area contributed by atoms with Gasteiger partial charge < -0.3 is 18.9 Å². The van der Waals surface area contributed by atoms with E-state index in [-0.39, 0.29) is 30.9 Å². The van der Waals surface area contributed by atoms with Crippen LogP contribution in [0.3, 0.4) is 0 Å². The number of esters is 2. The van der Waals surface area contributed by atoms with Crippen molar-refractivity contribution >= 4 is 23.5 Å². The second kappa shape index (κ2) is 14.5. The van der Waals surface area contributed by atoms with Gasteiger partial charge in [-0.25, -0.2) is 4.79 Å². The van der Waals surface area contributed by atoms with Crippen molar-refractivity contribution in [3.8, 4) is 22.6 Å². The van der Waals surface area contributed by atoms with Gasteiger partial charge in [0.2, 0.25) is 0 Å². The Balaban J connectivity index is 1.86. The summed E-state index contributed by atoms with van der Waals surface area (Å²) in [5, 5.41) is 0.400. The first-order valence-corrected chi connectivity index (χ1v) is 14.0. The molecule has 0 saturated heterocycles. The molecule has 0 aromatic heterocycles. The monoisotopic (exact) mass is 630 g/mol. The molecule has 3 rings (SSSR count). The minimum absolute atomic E-state index is 0.110. The molecule has 1 unspecified atom stereocenters. The first kappa shape index (κ1) is 34.3. The Labute approximate surface area is 260 Å². The van der Waals surface area contributed by atoms with Crippen LogP contribution in [0.5, 0.6) is 11.5 Å². The van der Waals surface area contributed by atoms with Gasteiger partial charge in [0.15, 0.2) is 0 Å². The molecule has 1 atom stereocenters. The minimum atomic E-state index is -4.78. The van der Waals surface area contributed by atoms with Crippen molar-refractivity contribution < 1.29 is 41.7 Å². The third kappa shape index (κ3) is 8.89. The summed E-state index contributed by atoms with van der Waals surface area (Å²) in [7, 11) is 0. The van der Waals surface area contributed by atoms with E-state index in [1.807, 2.05) is 6.07 Å². The maximum absolute atomic E-state index is 13.9. The fourth-order valence-corrected chi connectivity index (χ4v) is 4.51. The summed E-state index contributed by atoms with van der Waals surface area (Å²) >= 11 is 6.49. The lowest BCUT2D eigenvalue weighted by molar-refractivity contribution is -0.143. The van der Waals surface area contributed by atoms with Gasteiger partial charge in [-0.2, -0.15) is 13.2 Å². The van der Waals surface area contributed by atoms with E-state index in [1.54, 1.807) is 64.1 Å². The van der Waals surface area contributed by atoms with Crippen LogP contribution in [0.15, 0.2) is 79.9 Å². The van der Waals surface area contributed by atoms with Gasteiger partial charge in [-0.15, -0.1) is 0 Å². The van der Waals surface area contributed by atoms with Gasteiger partial charge in [-0.1, -0.05) is 67.2 Å². The molecule has 0 amide bonds. The first-order valence-electron chi connectivity index (χ1n) is 13.7. The fourth-order valence-electron chi connectivity index (χ4n) is 4.17. The van der Waals surface area contributed by atoms with E-state index in [0.717, 1.165) is 17.2 Å². The average molecular weight is 631 g/mol. The van der Waals surface area contributed by atoms with Crippen molar-refractivity contribution in [1.29, 1.82) is 0 Å². The molecule has 0 heterocycles. The lowest BCUT2D eigenvalue weighted by Gasteiger charge is -2.24. The zero-order valence-corrected chi connectivity index (χ0v) is 25.7. The number of rotatable bonds is 12. The van der Waals surface area contributed by atoms with Crippen molar-refractivity contribution in [2.45, 2.75) is 52.0 Å². The number of ether oxygens (including phenoxy) is 4. The maximum atomic E-state index is 13.9. The highest BCUT2D eigenvalue weighted by molar-refractivity contribution is 6.32. The highest BCUT2D eigenvalue weighted by Crippen LogP contribution is 2.41. The largest absolute Gasteiger partial charge is 0.489 e. The van der Waals surface area contributed by atoms with Gasteiger partial charge >= 0.3 is 18.1 Å². The number of benzene rings is 3. The molecular weight excluding hydrogens is 597 g/mol. The molecule has 0 radical (unpaired) electrons. The summed E-state index contributed by atoms with van der Waals surface area (Å²) in [5.41, 5.74) is -0.0841. The number of hydrogen-bond acceptors (Lipinski definition) is 6. The fraction of sp³-hybridized carbons (Fsp3) is 0.294. The molecular formula is C34H34ClF3O6. The first-order chi connectivity index (χ1) is 20.7. The molecule has 0 bridgehead atoms. The quantitative estimate of drug-likeness (QED) is 0.147. The predicted molar refractivity (Wildman–Crippen MR) is 163 cm³/mol. The van der Waals surface area contributed by atoms with Crippen molar-refractivity contribution in [3.63, 3.8) is 0 Å². The smallest absolute Gasteiger partial charge is 0.419 e. The van der Waals surface area contributed by atoms with Gasteiger partial charge in [0, 0.05) is 10.6 Å². The highest BCUT2D eigenvalue weighted by atomic mass is 35.5. The summed E-state index contributed by atoms with van der Waals surface area (Å²) in [6.07, 6.45) is -2.01. The van der Waals surface area contributed by atoms with Crippen molar-refractivity contribution in [2.24, 2.45) is 0 Å². The standard InChI is InChI=1S/C34H34ClF3O6/c1-7-17-41-30-27(34(36,37)38)16-12-24(29(30)32(40)44-33(4,5)6)20-43-25-13-9-22(10-14-25)23-11-15-26(28(35)19-23)21(3)31(39)42-18-8-2/h7-16,19,21H,1-2,17-18,20H2,3-6H3. The normalized spacial score (nSPS) is 12.2. The van der Waals surface area contributed by atoms with Gasteiger partial charge in [0.05, 0.1) is 11.5 Å². The van der Waals surface area contributed by atoms with E-state index in [2.05, 4.69) is 13.2 Å². The molecule has 44 heavy (non-hydrogen) atoms. The molecule has 234 valence electrons. The molecule has 3 aromatic carbocycles. The molecule has 0 aliphatic rings. The Morgan fingerprint density at radius 2 is 1.55 bits per heavy atom. The molecule has 0 aliphatic carbocycles. The van der Waals surface area contributed by atoms with Crippen LogP contribution < -0.4 is 9.47 Å². The SMILES string of the molecule is C=CCOC(=O)C(C)c1ccc(-c2ccc(OCc3ccc(C(F)(F)F)c(OCC=C)c3C(=O)OC(C)(C)C)cc2)cc1Cl. The number of carbonyl (C=O) groups is 2. The van der Waals surface area contributed by atoms with Gasteiger partial charge in [0.25, 0.3) is 0 Å². The molecule has 0 aliphatic heterocycles. The lowest BCUT2D eigenvalue weighted by atomic mass is 9.97. The van der Waals surface area contributed by atoms with Crippen molar-refractivity contribution in [3.05, 3.63) is 107 Å². The maximum Gasteiger partial charge on any atom is 0.419 e. The minimum Gasteiger partial charge on any atom is -0.489 e. The summed E-state index contributed by atoms with van der Waals surface area (Å²) in [6.45, 7) is 13.2. The van der Waals surface area contributed by atoms with Crippen molar-refractivity contribution in [1.82, 2.24) is 0 Å². The van der Waals surface area contributed by atoms with Crippen LogP contribution in [0, 0.1) is 0 Å². The van der Waals surface area contributed by atoms with E-state index in [1.165, 1.54) is 18.2 Å². The lowest BCUT2D eigenvalue weighted by Crippen LogP contribution is -2.26. The van der Waals surface area contributed by atoms with Crippen LogP contribution in [0.2, 0.25) is 5.02 Å². The van der Waals surface area contributed by atoms with Crippen LogP contribution in [-0.4, -0.2) is 30.8 Å². The van der Waals surface area contributed by atoms with Crippen LogP contribution >= 0.6 is 11.6 Å². The van der Waals surface area contributed by atoms with Crippen molar-refractivity contribution in [2.75, 3.05) is 13.2 Å². The van der Waals surface area contributed by atoms with Crippen LogP contribution in [0.1, 0.15) is 60.7 Å². The Hall–Kier alpha value is -4.24. The third-order valence-corrected chi connectivity index (χ3v) is 6.57. The second-order valence-electron chi connectivity index (χ2n) is 10.8. The van der Waals surface area contributed by atoms with E-state index in [4.69, 9.17) is 30.5 Å². The number of hydrogen-bond donors (Lipinski definition) is 0. The Morgan fingerprint density at radius 3 is 2.11 bits per heavy atom. The zero-order valence-electron chi connectivity index (χ0n) is 24.9. The molecule has 0 N–H and O–H groups in total. The molecule has 0 saturated carbocycles. The zero-order chi connectivity index (χ0) is 32.7. The Bertz CT molecular complexity index is 1510. The number of carbonyl (C=O) groups excluding carboxylic acids is 2.